The third kappa shape index (κ3) is 3.58. The number of nitrogens with zero attached hydrogens (tertiary/aromatic N) is 4. The van der Waals surface area contributed by atoms with Crippen LogP contribution in [0.2, 0.25) is 0 Å². The molecule has 0 saturated heterocycles. The Hall–Kier alpha value is -4.13. The van der Waals surface area contributed by atoms with Crippen LogP contribution in [0.15, 0.2) is 88.7 Å². The molecule has 1 aliphatic rings. The highest BCUT2D eigenvalue weighted by atomic mass is 16.5. The lowest BCUT2D eigenvalue weighted by atomic mass is 9.98. The van der Waals surface area contributed by atoms with E-state index >= 15 is 0 Å². The molecule has 1 amide bonds. The summed E-state index contributed by atoms with van der Waals surface area (Å²) in [6, 6.07) is 21.0. The molecular weight excluding hydrogens is 404 g/mol. The Bertz CT molecular complexity index is 1280. The van der Waals surface area contributed by atoms with E-state index in [0.29, 0.717) is 12.2 Å². The fourth-order valence-corrected chi connectivity index (χ4v) is 3.97. The van der Waals surface area contributed by atoms with Gasteiger partial charge in [0.1, 0.15) is 17.2 Å². The normalized spacial score (nSPS) is 15.6. The van der Waals surface area contributed by atoms with E-state index in [4.69, 9.17) is 14.3 Å². The van der Waals surface area contributed by atoms with Crippen molar-refractivity contribution in [3.05, 3.63) is 90.5 Å². The molecule has 3 heterocycles. The molecule has 4 aromatic rings. The molecule has 32 heavy (non-hydrogen) atoms. The van der Waals surface area contributed by atoms with Crippen molar-refractivity contribution < 1.29 is 13.9 Å². The highest BCUT2D eigenvalue weighted by molar-refractivity contribution is 6.01. The molecular formula is C25H22N4O3. The van der Waals surface area contributed by atoms with Gasteiger partial charge in [-0.3, -0.25) is 4.79 Å². The lowest BCUT2D eigenvalue weighted by Gasteiger charge is -2.20. The number of furan rings is 1. The molecule has 0 saturated carbocycles. The number of hydrazone groups is 1. The zero-order valence-corrected chi connectivity index (χ0v) is 17.8. The van der Waals surface area contributed by atoms with Gasteiger partial charge in [0.2, 0.25) is 5.91 Å². The summed E-state index contributed by atoms with van der Waals surface area (Å²) in [5.41, 5.74) is 4.26. The van der Waals surface area contributed by atoms with Gasteiger partial charge in [-0.2, -0.15) is 10.2 Å². The average molecular weight is 426 g/mol. The third-order valence-corrected chi connectivity index (χ3v) is 5.50. The van der Waals surface area contributed by atoms with Gasteiger partial charge in [-0.1, -0.05) is 30.3 Å². The second-order valence-electron chi connectivity index (χ2n) is 7.55. The van der Waals surface area contributed by atoms with Crippen LogP contribution < -0.4 is 4.74 Å². The van der Waals surface area contributed by atoms with Gasteiger partial charge in [0.15, 0.2) is 0 Å². The molecule has 0 fully saturated rings. The van der Waals surface area contributed by atoms with E-state index in [2.05, 4.69) is 5.10 Å². The number of hydrogen-bond donors (Lipinski definition) is 0. The van der Waals surface area contributed by atoms with E-state index in [9.17, 15) is 4.79 Å². The molecule has 0 N–H and O–H groups in total. The van der Waals surface area contributed by atoms with Gasteiger partial charge in [0.25, 0.3) is 0 Å². The van der Waals surface area contributed by atoms with Crippen molar-refractivity contribution in [1.29, 1.82) is 0 Å². The van der Waals surface area contributed by atoms with Crippen LogP contribution >= 0.6 is 0 Å². The SMILES string of the molecule is COc1cccc(-c2nn(-c3ccccc3)cc2C2CC(c3ccco3)=NN2C(C)=O)c1. The van der Waals surface area contributed by atoms with Crippen molar-refractivity contribution in [2.75, 3.05) is 7.11 Å². The minimum atomic E-state index is -0.300. The first kappa shape index (κ1) is 19.8. The molecule has 0 aliphatic carbocycles. The van der Waals surface area contributed by atoms with Crippen LogP contribution in [0, 0.1) is 0 Å². The lowest BCUT2D eigenvalue weighted by Crippen LogP contribution is -2.24. The number of benzene rings is 2. The van der Waals surface area contributed by atoms with Gasteiger partial charge >= 0.3 is 0 Å². The van der Waals surface area contributed by atoms with Gasteiger partial charge in [-0.15, -0.1) is 0 Å². The van der Waals surface area contributed by atoms with Crippen LogP contribution in [0.25, 0.3) is 16.9 Å². The van der Waals surface area contributed by atoms with Crippen molar-refractivity contribution in [2.45, 2.75) is 19.4 Å². The summed E-state index contributed by atoms with van der Waals surface area (Å²) in [6.07, 6.45) is 4.12. The standard InChI is InChI=1S/C25H22N4O3/c1-17(30)29-23(15-22(26-29)24-12-7-13-32-24)21-16-28(19-9-4-3-5-10-19)27-25(21)18-8-6-11-20(14-18)31-2/h3-14,16,23H,15H2,1-2H3. The topological polar surface area (TPSA) is 72.9 Å². The average Bonchev–Trinajstić information content (AvgIpc) is 3.58. The Kier molecular flexibility index (Phi) is 5.07. The molecule has 1 aliphatic heterocycles. The summed E-state index contributed by atoms with van der Waals surface area (Å²) in [6.45, 7) is 1.52. The molecule has 1 unspecified atom stereocenters. The molecule has 0 bridgehead atoms. The highest BCUT2D eigenvalue weighted by Gasteiger charge is 2.35. The van der Waals surface area contributed by atoms with Gasteiger partial charge < -0.3 is 9.15 Å². The maximum atomic E-state index is 12.5. The van der Waals surface area contributed by atoms with E-state index in [1.807, 2.05) is 77.6 Å². The second kappa shape index (κ2) is 8.19. The van der Waals surface area contributed by atoms with E-state index in [-0.39, 0.29) is 11.9 Å². The minimum absolute atomic E-state index is 0.138. The van der Waals surface area contributed by atoms with E-state index in [0.717, 1.165) is 34.0 Å². The monoisotopic (exact) mass is 426 g/mol. The van der Waals surface area contributed by atoms with Gasteiger partial charge in [0, 0.05) is 30.7 Å². The quantitative estimate of drug-likeness (QED) is 0.458. The first-order valence-electron chi connectivity index (χ1n) is 10.3. The first-order chi connectivity index (χ1) is 15.6. The number of rotatable bonds is 5. The molecule has 0 spiro atoms. The van der Waals surface area contributed by atoms with Crippen molar-refractivity contribution in [1.82, 2.24) is 14.8 Å². The third-order valence-electron chi connectivity index (χ3n) is 5.50. The number of para-hydroxylation sites is 1. The van der Waals surface area contributed by atoms with Crippen LogP contribution in [-0.4, -0.2) is 33.5 Å². The van der Waals surface area contributed by atoms with E-state index < -0.39 is 0 Å². The van der Waals surface area contributed by atoms with Gasteiger partial charge in [0.05, 0.1) is 30.8 Å². The number of carbonyl (C=O) groups excluding carboxylic acids is 1. The van der Waals surface area contributed by atoms with E-state index in [1.54, 1.807) is 13.4 Å². The zero-order chi connectivity index (χ0) is 22.1. The summed E-state index contributed by atoms with van der Waals surface area (Å²) in [5.74, 6) is 1.27. The minimum Gasteiger partial charge on any atom is -0.497 e. The molecule has 1 atom stereocenters. The fourth-order valence-electron chi connectivity index (χ4n) is 3.97. The number of amides is 1. The second-order valence-corrected chi connectivity index (χ2v) is 7.55. The van der Waals surface area contributed by atoms with Crippen molar-refractivity contribution in [3.63, 3.8) is 0 Å². The lowest BCUT2D eigenvalue weighted by molar-refractivity contribution is -0.130. The Labute approximate surface area is 185 Å². The van der Waals surface area contributed by atoms with Gasteiger partial charge in [-0.25, -0.2) is 9.69 Å². The molecule has 7 heteroatoms. The fraction of sp³-hybridized carbons (Fsp3) is 0.160. The number of carbonyl (C=O) groups is 1. The number of ether oxygens (including phenoxy) is 1. The number of hydrogen-bond acceptors (Lipinski definition) is 5. The first-order valence-corrected chi connectivity index (χ1v) is 10.3. The molecule has 2 aromatic carbocycles. The number of aromatic nitrogens is 2. The summed E-state index contributed by atoms with van der Waals surface area (Å²) < 4.78 is 12.8. The Balaban J connectivity index is 1.63. The molecule has 7 nitrogen and oxygen atoms in total. The van der Waals surface area contributed by atoms with Crippen LogP contribution in [0.4, 0.5) is 0 Å². The Morgan fingerprint density at radius 3 is 2.66 bits per heavy atom. The van der Waals surface area contributed by atoms with Crippen LogP contribution in [0.1, 0.15) is 30.7 Å². The maximum Gasteiger partial charge on any atom is 0.240 e. The zero-order valence-electron chi connectivity index (χ0n) is 17.8. The summed E-state index contributed by atoms with van der Waals surface area (Å²) >= 11 is 0. The predicted octanol–water partition coefficient (Wildman–Crippen LogP) is 4.84. The van der Waals surface area contributed by atoms with Crippen LogP contribution in [0.5, 0.6) is 5.75 Å². The van der Waals surface area contributed by atoms with E-state index in [1.165, 1.54) is 11.9 Å². The molecule has 160 valence electrons. The molecule has 2 aromatic heterocycles. The predicted molar refractivity (Wildman–Crippen MR) is 121 cm³/mol. The van der Waals surface area contributed by atoms with Crippen molar-refractivity contribution >= 4 is 11.6 Å². The number of methoxy groups -OCH3 is 1. The summed E-state index contributed by atoms with van der Waals surface area (Å²) in [4.78, 5) is 12.5. The van der Waals surface area contributed by atoms with Crippen molar-refractivity contribution in [2.24, 2.45) is 5.10 Å². The Morgan fingerprint density at radius 2 is 1.94 bits per heavy atom. The molecule has 5 rings (SSSR count). The summed E-state index contributed by atoms with van der Waals surface area (Å²) in [5, 5.41) is 11.0. The van der Waals surface area contributed by atoms with Gasteiger partial charge in [-0.05, 0) is 36.4 Å². The van der Waals surface area contributed by atoms with Crippen LogP contribution in [-0.2, 0) is 4.79 Å². The molecule has 0 radical (unpaired) electrons. The Morgan fingerprint density at radius 1 is 1.09 bits per heavy atom. The maximum absolute atomic E-state index is 12.5. The van der Waals surface area contributed by atoms with Crippen LogP contribution in [0.3, 0.4) is 0 Å². The smallest absolute Gasteiger partial charge is 0.240 e. The summed E-state index contributed by atoms with van der Waals surface area (Å²) in [7, 11) is 1.64. The largest absolute Gasteiger partial charge is 0.497 e. The highest BCUT2D eigenvalue weighted by Crippen LogP contribution is 2.39. The van der Waals surface area contributed by atoms with Crippen molar-refractivity contribution in [3.8, 4) is 22.7 Å².